The first kappa shape index (κ1) is 25.6. The van der Waals surface area contributed by atoms with Gasteiger partial charge in [-0.25, -0.2) is 19.0 Å². The normalized spacial score (nSPS) is 11.6. The van der Waals surface area contributed by atoms with Gasteiger partial charge in [0.25, 0.3) is 5.88 Å². The Labute approximate surface area is 213 Å². The average Bonchev–Trinajstić information content (AvgIpc) is 3.51. The van der Waals surface area contributed by atoms with Crippen molar-refractivity contribution in [2.24, 2.45) is 7.05 Å². The molecule has 0 aliphatic carbocycles. The van der Waals surface area contributed by atoms with Gasteiger partial charge in [-0.3, -0.25) is 19.9 Å². The number of nitrogens with one attached hydrogen (secondary N) is 3. The number of pyridine rings is 1. The zero-order valence-corrected chi connectivity index (χ0v) is 20.4. The van der Waals surface area contributed by atoms with E-state index in [9.17, 15) is 14.0 Å². The van der Waals surface area contributed by atoms with Gasteiger partial charge in [-0.2, -0.15) is 5.10 Å². The van der Waals surface area contributed by atoms with Gasteiger partial charge < -0.3 is 14.6 Å². The Balaban J connectivity index is 1.48. The highest BCUT2D eigenvalue weighted by Crippen LogP contribution is 2.36. The van der Waals surface area contributed by atoms with E-state index in [1.54, 1.807) is 19.3 Å². The van der Waals surface area contributed by atoms with Crippen LogP contribution in [0.5, 0.6) is 5.88 Å². The zero-order chi connectivity index (χ0) is 26.7. The molecule has 0 aliphatic heterocycles. The Kier molecular flexibility index (Phi) is 7.34. The topological polar surface area (TPSA) is 136 Å². The van der Waals surface area contributed by atoms with E-state index in [0.717, 1.165) is 12.1 Å². The maximum Gasteiger partial charge on any atom is 0.334 e. The molecule has 3 amide bonds. The third kappa shape index (κ3) is 5.67. The number of amides is 3. The fourth-order valence-corrected chi connectivity index (χ4v) is 3.67. The maximum absolute atomic E-state index is 15.1. The van der Waals surface area contributed by atoms with Gasteiger partial charge >= 0.3 is 11.9 Å². The molecule has 1 unspecified atom stereocenters. The molecule has 0 bridgehead atoms. The van der Waals surface area contributed by atoms with Gasteiger partial charge in [-0.1, -0.05) is 11.6 Å². The number of nitrogens with zero attached hydrogens (tertiary/aromatic N) is 4. The summed E-state index contributed by atoms with van der Waals surface area (Å²) in [6.45, 7) is 1.49. The molecule has 0 fully saturated rings. The van der Waals surface area contributed by atoms with E-state index >= 15 is 4.39 Å². The van der Waals surface area contributed by atoms with Crippen molar-refractivity contribution in [3.8, 4) is 28.3 Å². The predicted octanol–water partition coefficient (Wildman–Crippen LogP) is 3.78. The lowest BCUT2D eigenvalue weighted by molar-refractivity contribution is 0.0898. The van der Waals surface area contributed by atoms with Crippen LogP contribution >= 0.6 is 11.6 Å². The molecule has 3 N–H and O–H groups in total. The largest absolute Gasteiger partial charge is 0.479 e. The summed E-state index contributed by atoms with van der Waals surface area (Å²) in [5, 5.41) is 10.3. The molecule has 4 aromatic rings. The second-order valence-electron chi connectivity index (χ2n) is 7.78. The summed E-state index contributed by atoms with van der Waals surface area (Å²) in [4.78, 5) is 28.3. The number of carbonyl (C=O) groups is 2. The Morgan fingerprint density at radius 1 is 1.16 bits per heavy atom. The molecule has 4 rings (SSSR count). The third-order valence-electron chi connectivity index (χ3n) is 5.17. The van der Waals surface area contributed by atoms with Crippen LogP contribution in [0.3, 0.4) is 0 Å². The second-order valence-corrected chi connectivity index (χ2v) is 8.22. The lowest BCUT2D eigenvalue weighted by Crippen LogP contribution is -2.47. The van der Waals surface area contributed by atoms with Crippen LogP contribution in [0.15, 0.2) is 47.2 Å². The van der Waals surface area contributed by atoms with Gasteiger partial charge in [0.2, 0.25) is 5.76 Å². The molecule has 0 aliphatic rings. The van der Waals surface area contributed by atoms with Gasteiger partial charge in [0, 0.05) is 35.6 Å². The maximum atomic E-state index is 15.1. The number of urea groups is 1. The predicted molar refractivity (Wildman–Crippen MR) is 127 cm³/mol. The highest BCUT2D eigenvalue weighted by Gasteiger charge is 2.21. The van der Waals surface area contributed by atoms with Crippen molar-refractivity contribution in [3.63, 3.8) is 0 Å². The van der Waals surface area contributed by atoms with Gasteiger partial charge in [-0.15, -0.1) is 0 Å². The number of hydrogen-bond donors (Lipinski definition) is 3. The van der Waals surface area contributed by atoms with Gasteiger partial charge in [-0.05, 0) is 41.9 Å². The van der Waals surface area contributed by atoms with Gasteiger partial charge in [0.05, 0.1) is 30.6 Å². The lowest BCUT2D eigenvalue weighted by Gasteiger charge is -2.16. The minimum absolute atomic E-state index is 0.0842. The molecular formula is C23H20ClF2N7O4. The quantitative estimate of drug-likeness (QED) is 0.322. The number of rotatable bonds is 6. The first-order chi connectivity index (χ1) is 17.7. The number of methoxy groups -OCH3 is 1. The van der Waals surface area contributed by atoms with Crippen molar-refractivity contribution in [2.45, 2.75) is 13.0 Å². The molecule has 3 heterocycles. The van der Waals surface area contributed by atoms with E-state index in [1.165, 1.54) is 37.0 Å². The van der Waals surface area contributed by atoms with Crippen LogP contribution in [-0.4, -0.2) is 39.0 Å². The summed E-state index contributed by atoms with van der Waals surface area (Å²) < 4.78 is 41.0. The number of hydrazine groups is 1. The van der Waals surface area contributed by atoms with Crippen LogP contribution in [0.25, 0.3) is 22.4 Å². The number of carbonyl (C=O) groups excluding carboxylic acids is 2. The number of benzene rings is 1. The SMILES string of the molecule is COc1cc(C(=O)NNC(=O)NC(C)c2ncc(-c3cc(Cl)cc(F)c3-c3ccn(C)n3)cc2F)on1. The highest BCUT2D eigenvalue weighted by molar-refractivity contribution is 6.31. The Hall–Kier alpha value is -4.52. The van der Waals surface area contributed by atoms with Crippen molar-refractivity contribution < 1.29 is 27.6 Å². The summed E-state index contributed by atoms with van der Waals surface area (Å²) in [6, 6.07) is 4.91. The van der Waals surface area contributed by atoms with Crippen molar-refractivity contribution in [2.75, 3.05) is 7.11 Å². The molecule has 0 saturated carbocycles. The third-order valence-corrected chi connectivity index (χ3v) is 5.39. The molecule has 37 heavy (non-hydrogen) atoms. The molecule has 1 atom stereocenters. The highest BCUT2D eigenvalue weighted by atomic mass is 35.5. The van der Waals surface area contributed by atoms with Crippen molar-refractivity contribution >= 4 is 23.5 Å². The van der Waals surface area contributed by atoms with E-state index in [-0.39, 0.29) is 33.5 Å². The summed E-state index contributed by atoms with van der Waals surface area (Å²) in [5.41, 5.74) is 5.17. The smallest absolute Gasteiger partial charge is 0.334 e. The summed E-state index contributed by atoms with van der Waals surface area (Å²) in [7, 11) is 3.04. The molecule has 14 heteroatoms. The van der Waals surface area contributed by atoms with Crippen molar-refractivity contribution in [1.82, 2.24) is 36.1 Å². The molecule has 0 spiro atoms. The minimum Gasteiger partial charge on any atom is -0.479 e. The van der Waals surface area contributed by atoms with E-state index in [1.807, 2.05) is 0 Å². The molecule has 3 aromatic heterocycles. The Morgan fingerprint density at radius 3 is 2.59 bits per heavy atom. The van der Waals surface area contributed by atoms with Crippen LogP contribution in [0, 0.1) is 11.6 Å². The fraction of sp³-hybridized carbons (Fsp3) is 0.174. The summed E-state index contributed by atoms with van der Waals surface area (Å²) in [5.74, 6) is -2.28. The lowest BCUT2D eigenvalue weighted by atomic mass is 9.97. The van der Waals surface area contributed by atoms with Gasteiger partial charge in [0.15, 0.2) is 0 Å². The number of aryl methyl sites for hydroxylation is 1. The molecule has 0 radical (unpaired) electrons. The van der Waals surface area contributed by atoms with E-state index in [4.69, 9.17) is 20.9 Å². The number of ether oxygens (including phenoxy) is 1. The van der Waals surface area contributed by atoms with E-state index < -0.39 is 29.6 Å². The van der Waals surface area contributed by atoms with Crippen LogP contribution in [0.4, 0.5) is 13.6 Å². The standard InChI is InChI=1S/C23H20ClF2N7O4/c1-11(28-23(35)30-29-22(34)18-9-19(36-3)32-37-18)21-16(26)6-12(10-27-21)14-7-13(24)8-15(25)20(14)17-4-5-33(2)31-17/h4-11H,1-3H3,(H,29,34)(H2,28,30,35). The fourth-order valence-electron chi connectivity index (χ4n) is 3.46. The van der Waals surface area contributed by atoms with Crippen LogP contribution in [0.1, 0.15) is 29.2 Å². The first-order valence-corrected chi connectivity index (χ1v) is 11.1. The molecular weight excluding hydrogens is 512 g/mol. The number of halogens is 3. The Morgan fingerprint density at radius 2 is 1.95 bits per heavy atom. The van der Waals surface area contributed by atoms with Crippen LogP contribution in [0.2, 0.25) is 5.02 Å². The average molecular weight is 532 g/mol. The summed E-state index contributed by atoms with van der Waals surface area (Å²) in [6.07, 6.45) is 2.99. The van der Waals surface area contributed by atoms with E-state index in [2.05, 4.69) is 31.4 Å². The minimum atomic E-state index is -0.900. The number of aromatic nitrogens is 4. The summed E-state index contributed by atoms with van der Waals surface area (Å²) >= 11 is 6.06. The second kappa shape index (κ2) is 10.6. The molecule has 11 nitrogen and oxygen atoms in total. The monoisotopic (exact) mass is 531 g/mol. The number of hydrogen-bond acceptors (Lipinski definition) is 7. The van der Waals surface area contributed by atoms with Crippen LogP contribution < -0.4 is 20.9 Å². The molecule has 1 aromatic carbocycles. The Bertz CT molecular complexity index is 1470. The van der Waals surface area contributed by atoms with Gasteiger partial charge in [0.1, 0.15) is 11.6 Å². The van der Waals surface area contributed by atoms with Crippen molar-refractivity contribution in [1.29, 1.82) is 0 Å². The zero-order valence-electron chi connectivity index (χ0n) is 19.7. The van der Waals surface area contributed by atoms with Crippen LogP contribution in [-0.2, 0) is 7.05 Å². The first-order valence-electron chi connectivity index (χ1n) is 10.7. The van der Waals surface area contributed by atoms with Crippen molar-refractivity contribution in [3.05, 3.63) is 70.8 Å². The van der Waals surface area contributed by atoms with E-state index in [0.29, 0.717) is 11.3 Å². The molecule has 192 valence electrons. The molecule has 0 saturated heterocycles.